The highest BCUT2D eigenvalue weighted by molar-refractivity contribution is 9.10. The van der Waals surface area contributed by atoms with Crippen molar-refractivity contribution in [1.29, 1.82) is 0 Å². The quantitative estimate of drug-likeness (QED) is 0.546. The number of alkyl halides is 1. The number of hydrogen-bond donors (Lipinski definition) is 0. The SMILES string of the molecule is CC(=O)O[C@@H]1CC[C@]23CO[C@@H](C[C@H](C)[C@H]2C)[C@]3(Br)C1. The van der Waals surface area contributed by atoms with Crippen molar-refractivity contribution in [3.05, 3.63) is 0 Å². The van der Waals surface area contributed by atoms with E-state index in [4.69, 9.17) is 9.47 Å². The summed E-state index contributed by atoms with van der Waals surface area (Å²) in [6.45, 7) is 7.08. The third-order valence-electron chi connectivity index (χ3n) is 5.96. The maximum Gasteiger partial charge on any atom is 0.302 e. The topological polar surface area (TPSA) is 35.5 Å². The molecule has 0 N–H and O–H groups in total. The minimum absolute atomic E-state index is 0.00426. The molecule has 1 heterocycles. The molecule has 3 rings (SSSR count). The van der Waals surface area contributed by atoms with Gasteiger partial charge in [0.15, 0.2) is 0 Å². The predicted octanol–water partition coefficient (Wildman–Crippen LogP) is 3.30. The van der Waals surface area contributed by atoms with Crippen molar-refractivity contribution < 1.29 is 14.3 Å². The van der Waals surface area contributed by atoms with E-state index >= 15 is 0 Å². The lowest BCUT2D eigenvalue weighted by molar-refractivity contribution is -0.151. The Kier molecular flexibility index (Phi) is 3.25. The maximum atomic E-state index is 11.2. The average Bonchev–Trinajstić information content (AvgIpc) is 2.53. The zero-order valence-corrected chi connectivity index (χ0v) is 13.5. The Morgan fingerprint density at radius 1 is 1.42 bits per heavy atom. The predicted molar refractivity (Wildman–Crippen MR) is 76.2 cm³/mol. The lowest BCUT2D eigenvalue weighted by Crippen LogP contribution is -2.60. The summed E-state index contributed by atoms with van der Waals surface area (Å²) in [7, 11) is 0. The van der Waals surface area contributed by atoms with Crippen LogP contribution in [0.25, 0.3) is 0 Å². The molecule has 0 aromatic heterocycles. The number of carbonyl (C=O) groups is 1. The molecule has 0 unspecified atom stereocenters. The van der Waals surface area contributed by atoms with Crippen LogP contribution in [0, 0.1) is 17.3 Å². The zero-order valence-electron chi connectivity index (χ0n) is 11.9. The van der Waals surface area contributed by atoms with Crippen molar-refractivity contribution in [2.75, 3.05) is 6.61 Å². The second kappa shape index (κ2) is 4.45. The van der Waals surface area contributed by atoms with Crippen molar-refractivity contribution in [2.24, 2.45) is 17.3 Å². The molecular formula is C15H23BrO3. The van der Waals surface area contributed by atoms with Gasteiger partial charge in [-0.2, -0.15) is 0 Å². The summed E-state index contributed by atoms with van der Waals surface area (Å²) in [5.74, 6) is 1.20. The van der Waals surface area contributed by atoms with Gasteiger partial charge in [-0.25, -0.2) is 0 Å². The Hall–Kier alpha value is -0.0900. The van der Waals surface area contributed by atoms with Crippen LogP contribution in [0.2, 0.25) is 0 Å². The van der Waals surface area contributed by atoms with Crippen LogP contribution >= 0.6 is 15.9 Å². The Labute approximate surface area is 123 Å². The van der Waals surface area contributed by atoms with Gasteiger partial charge in [0.25, 0.3) is 0 Å². The number of rotatable bonds is 1. The normalized spacial score (nSPS) is 52.6. The van der Waals surface area contributed by atoms with Gasteiger partial charge in [-0.05, 0) is 31.1 Å². The first kappa shape index (κ1) is 13.9. The van der Waals surface area contributed by atoms with Gasteiger partial charge in [0.05, 0.1) is 17.0 Å². The highest BCUT2D eigenvalue weighted by Crippen LogP contribution is 2.66. The molecule has 2 aliphatic carbocycles. The van der Waals surface area contributed by atoms with Crippen molar-refractivity contribution in [3.63, 3.8) is 0 Å². The molecule has 3 aliphatic rings. The van der Waals surface area contributed by atoms with Crippen molar-refractivity contribution >= 4 is 21.9 Å². The molecular weight excluding hydrogens is 308 g/mol. The number of esters is 1. The lowest BCUT2D eigenvalue weighted by Gasteiger charge is -2.56. The van der Waals surface area contributed by atoms with Crippen molar-refractivity contribution in [3.8, 4) is 0 Å². The van der Waals surface area contributed by atoms with Crippen LogP contribution in [0.3, 0.4) is 0 Å². The molecule has 3 fully saturated rings. The Balaban J connectivity index is 1.89. The Morgan fingerprint density at radius 3 is 2.84 bits per heavy atom. The molecule has 1 saturated heterocycles. The van der Waals surface area contributed by atoms with E-state index in [1.54, 1.807) is 0 Å². The molecule has 0 amide bonds. The van der Waals surface area contributed by atoms with Gasteiger partial charge < -0.3 is 9.47 Å². The largest absolute Gasteiger partial charge is 0.463 e. The van der Waals surface area contributed by atoms with E-state index in [0.717, 1.165) is 32.3 Å². The molecule has 1 aliphatic heterocycles. The summed E-state index contributed by atoms with van der Waals surface area (Å²) < 4.78 is 11.6. The summed E-state index contributed by atoms with van der Waals surface area (Å²) in [5, 5.41) is 0. The summed E-state index contributed by atoms with van der Waals surface area (Å²) in [6, 6.07) is 0. The first-order chi connectivity index (χ1) is 8.89. The van der Waals surface area contributed by atoms with E-state index < -0.39 is 0 Å². The van der Waals surface area contributed by atoms with Crippen molar-refractivity contribution in [2.45, 2.75) is 63.0 Å². The minimum atomic E-state index is -0.164. The molecule has 0 aromatic rings. The van der Waals surface area contributed by atoms with Gasteiger partial charge in [-0.1, -0.05) is 29.8 Å². The van der Waals surface area contributed by atoms with E-state index in [9.17, 15) is 4.79 Å². The van der Waals surface area contributed by atoms with Crippen LogP contribution in [0.5, 0.6) is 0 Å². The van der Waals surface area contributed by atoms with Crippen LogP contribution in [0.4, 0.5) is 0 Å². The summed E-state index contributed by atoms with van der Waals surface area (Å²) in [4.78, 5) is 11.2. The van der Waals surface area contributed by atoms with Crippen LogP contribution in [0.1, 0.15) is 46.5 Å². The standard InChI is InChI=1S/C15H23BrO3/c1-9-6-13-15(16)7-12(19-11(3)17)4-5-14(15,8-18-13)10(9)2/h9-10,12-13H,4-8H2,1-3H3/t9-,10+,12+,13-,14-,15+/m0/s1. The highest BCUT2D eigenvalue weighted by Gasteiger charge is 2.68. The van der Waals surface area contributed by atoms with Crippen LogP contribution in [0.15, 0.2) is 0 Å². The molecule has 108 valence electrons. The van der Waals surface area contributed by atoms with Gasteiger partial charge in [0, 0.05) is 18.8 Å². The Bertz CT molecular complexity index is 399. The molecule has 0 radical (unpaired) electrons. The molecule has 6 atom stereocenters. The van der Waals surface area contributed by atoms with Gasteiger partial charge >= 0.3 is 5.97 Å². The van der Waals surface area contributed by atoms with E-state index in [0.29, 0.717) is 11.8 Å². The molecule has 4 heteroatoms. The van der Waals surface area contributed by atoms with Gasteiger partial charge in [-0.15, -0.1) is 0 Å². The van der Waals surface area contributed by atoms with Gasteiger partial charge in [-0.3, -0.25) is 4.79 Å². The first-order valence-corrected chi connectivity index (χ1v) is 8.16. The molecule has 2 saturated carbocycles. The zero-order chi connectivity index (χ0) is 13.8. The Morgan fingerprint density at radius 2 is 2.16 bits per heavy atom. The minimum Gasteiger partial charge on any atom is -0.463 e. The number of halogens is 1. The van der Waals surface area contributed by atoms with E-state index in [2.05, 4.69) is 29.8 Å². The summed E-state index contributed by atoms with van der Waals surface area (Å²) in [6.07, 6.45) is 4.40. The third-order valence-corrected chi connectivity index (χ3v) is 7.59. The second-order valence-corrected chi connectivity index (χ2v) is 8.21. The molecule has 2 bridgehead atoms. The lowest BCUT2D eigenvalue weighted by atomic mass is 9.53. The number of ether oxygens (including phenoxy) is 2. The molecule has 3 nitrogen and oxygen atoms in total. The third kappa shape index (κ3) is 1.82. The van der Waals surface area contributed by atoms with Gasteiger partial charge in [0.1, 0.15) is 6.10 Å². The fourth-order valence-electron chi connectivity index (χ4n) is 4.70. The molecule has 0 spiro atoms. The monoisotopic (exact) mass is 330 g/mol. The van der Waals surface area contributed by atoms with E-state index in [1.165, 1.54) is 6.92 Å². The smallest absolute Gasteiger partial charge is 0.302 e. The van der Waals surface area contributed by atoms with E-state index in [-0.39, 0.29) is 27.9 Å². The number of carbonyl (C=O) groups excluding carboxylic acids is 1. The van der Waals surface area contributed by atoms with Crippen LogP contribution in [-0.2, 0) is 14.3 Å². The van der Waals surface area contributed by atoms with Gasteiger partial charge in [0.2, 0.25) is 0 Å². The average molecular weight is 331 g/mol. The van der Waals surface area contributed by atoms with Crippen LogP contribution < -0.4 is 0 Å². The maximum absolute atomic E-state index is 11.2. The summed E-state index contributed by atoms with van der Waals surface area (Å²) >= 11 is 4.04. The molecule has 0 aromatic carbocycles. The number of hydrogen-bond acceptors (Lipinski definition) is 3. The first-order valence-electron chi connectivity index (χ1n) is 7.37. The van der Waals surface area contributed by atoms with E-state index in [1.807, 2.05) is 0 Å². The highest BCUT2D eigenvalue weighted by atomic mass is 79.9. The van der Waals surface area contributed by atoms with Crippen LogP contribution in [-0.4, -0.2) is 29.1 Å². The second-order valence-electron chi connectivity index (χ2n) is 6.79. The fraction of sp³-hybridized carbons (Fsp3) is 0.933. The van der Waals surface area contributed by atoms with Crippen molar-refractivity contribution in [1.82, 2.24) is 0 Å². The molecule has 19 heavy (non-hydrogen) atoms. The summed E-state index contributed by atoms with van der Waals surface area (Å²) in [5.41, 5.74) is 0.228. The fourth-order valence-corrected chi connectivity index (χ4v) is 6.06.